The van der Waals surface area contributed by atoms with Crippen molar-refractivity contribution >= 4 is 28.1 Å². The highest BCUT2D eigenvalue weighted by molar-refractivity contribution is 7.89. The molecular formula is C13H20ClN3O4S. The third-order valence-corrected chi connectivity index (χ3v) is 6.01. The van der Waals surface area contributed by atoms with Crippen molar-refractivity contribution in [2.45, 2.75) is 25.2 Å². The monoisotopic (exact) mass is 349 g/mol. The van der Waals surface area contributed by atoms with Gasteiger partial charge in [-0.15, -0.1) is 12.4 Å². The molecule has 1 aromatic rings. The SMILES string of the molecule is Cc1cc([N+](=O)[O-])cc(S(=O)(=O)N2CCC(CN)C2)c1C.Cl. The number of nitro benzene ring substituents is 1. The minimum Gasteiger partial charge on any atom is -0.330 e. The molecule has 0 bridgehead atoms. The first kappa shape index (κ1) is 18.8. The van der Waals surface area contributed by atoms with E-state index < -0.39 is 14.9 Å². The molecule has 1 saturated heterocycles. The molecule has 0 spiro atoms. The summed E-state index contributed by atoms with van der Waals surface area (Å²) in [4.78, 5) is 10.4. The number of nitrogens with zero attached hydrogens (tertiary/aromatic N) is 2. The van der Waals surface area contributed by atoms with Crippen molar-refractivity contribution in [1.29, 1.82) is 0 Å². The zero-order chi connectivity index (χ0) is 15.8. The third kappa shape index (κ3) is 3.40. The predicted molar refractivity (Wildman–Crippen MR) is 85.7 cm³/mol. The molecule has 0 aromatic heterocycles. The van der Waals surface area contributed by atoms with Crippen LogP contribution in [0.2, 0.25) is 0 Å². The molecule has 22 heavy (non-hydrogen) atoms. The number of benzene rings is 1. The van der Waals surface area contributed by atoms with Crippen molar-refractivity contribution in [2.24, 2.45) is 11.7 Å². The van der Waals surface area contributed by atoms with E-state index in [1.165, 1.54) is 10.4 Å². The lowest BCUT2D eigenvalue weighted by atomic mass is 10.1. The minimum atomic E-state index is -3.72. The number of sulfonamides is 1. The van der Waals surface area contributed by atoms with Gasteiger partial charge in [-0.05, 0) is 43.9 Å². The summed E-state index contributed by atoms with van der Waals surface area (Å²) in [5, 5.41) is 10.9. The lowest BCUT2D eigenvalue weighted by Crippen LogP contribution is -2.30. The van der Waals surface area contributed by atoms with E-state index in [9.17, 15) is 18.5 Å². The molecule has 0 saturated carbocycles. The third-order valence-electron chi connectivity index (χ3n) is 4.02. The van der Waals surface area contributed by atoms with Gasteiger partial charge in [0.25, 0.3) is 5.69 Å². The number of non-ortho nitro benzene ring substituents is 1. The van der Waals surface area contributed by atoms with Crippen LogP contribution >= 0.6 is 12.4 Å². The van der Waals surface area contributed by atoms with Gasteiger partial charge in [0.15, 0.2) is 0 Å². The summed E-state index contributed by atoms with van der Waals surface area (Å²) in [5.74, 6) is 0.153. The van der Waals surface area contributed by atoms with E-state index >= 15 is 0 Å². The number of hydrogen-bond donors (Lipinski definition) is 1. The van der Waals surface area contributed by atoms with Gasteiger partial charge < -0.3 is 5.73 Å². The topological polar surface area (TPSA) is 107 Å². The molecule has 1 unspecified atom stereocenters. The van der Waals surface area contributed by atoms with E-state index in [2.05, 4.69) is 0 Å². The van der Waals surface area contributed by atoms with Crippen molar-refractivity contribution < 1.29 is 13.3 Å². The van der Waals surface area contributed by atoms with Gasteiger partial charge in [0.1, 0.15) is 0 Å². The smallest absolute Gasteiger partial charge is 0.271 e. The van der Waals surface area contributed by atoms with E-state index in [1.54, 1.807) is 13.8 Å². The zero-order valence-corrected chi connectivity index (χ0v) is 14.1. The molecule has 124 valence electrons. The molecule has 1 aliphatic rings. The number of nitro groups is 1. The largest absolute Gasteiger partial charge is 0.330 e. The molecule has 2 N–H and O–H groups in total. The van der Waals surface area contributed by atoms with Crippen LogP contribution < -0.4 is 5.73 Å². The van der Waals surface area contributed by atoms with Gasteiger partial charge in [0.2, 0.25) is 10.0 Å². The zero-order valence-electron chi connectivity index (χ0n) is 12.5. The highest BCUT2D eigenvalue weighted by atomic mass is 35.5. The second-order valence-electron chi connectivity index (χ2n) is 5.40. The Balaban J connectivity index is 0.00000242. The van der Waals surface area contributed by atoms with Crippen LogP contribution in [0.1, 0.15) is 17.5 Å². The standard InChI is InChI=1S/C13H19N3O4S.ClH/c1-9-5-12(16(17)18)6-13(10(9)2)21(19,20)15-4-3-11(7-14)8-15;/h5-6,11H,3-4,7-8,14H2,1-2H3;1H. The van der Waals surface area contributed by atoms with Crippen LogP contribution in [0.4, 0.5) is 5.69 Å². The number of halogens is 1. The van der Waals surface area contributed by atoms with Crippen LogP contribution in [0.5, 0.6) is 0 Å². The number of hydrogen-bond acceptors (Lipinski definition) is 5. The first-order valence-electron chi connectivity index (χ1n) is 6.73. The summed E-state index contributed by atoms with van der Waals surface area (Å²) in [5.41, 5.74) is 6.53. The molecule has 1 aliphatic heterocycles. The van der Waals surface area contributed by atoms with Gasteiger partial charge in [0, 0.05) is 25.2 Å². The molecule has 0 radical (unpaired) electrons. The van der Waals surface area contributed by atoms with E-state index in [1.807, 2.05) is 0 Å². The van der Waals surface area contributed by atoms with E-state index in [-0.39, 0.29) is 28.9 Å². The number of nitrogens with two attached hydrogens (primary N) is 1. The first-order chi connectivity index (χ1) is 9.77. The fourth-order valence-electron chi connectivity index (χ4n) is 2.53. The van der Waals surface area contributed by atoms with Gasteiger partial charge in [-0.1, -0.05) is 0 Å². The average molecular weight is 350 g/mol. The van der Waals surface area contributed by atoms with E-state index in [0.717, 1.165) is 12.5 Å². The molecule has 0 aliphatic carbocycles. The van der Waals surface area contributed by atoms with Gasteiger partial charge in [0.05, 0.1) is 9.82 Å². The van der Waals surface area contributed by atoms with Gasteiger partial charge in [-0.25, -0.2) is 8.42 Å². The van der Waals surface area contributed by atoms with Crippen LogP contribution in [0, 0.1) is 29.9 Å². The summed E-state index contributed by atoms with van der Waals surface area (Å²) in [6.45, 7) is 4.57. The lowest BCUT2D eigenvalue weighted by Gasteiger charge is -2.18. The summed E-state index contributed by atoms with van der Waals surface area (Å²) in [7, 11) is -3.72. The average Bonchev–Trinajstić information content (AvgIpc) is 2.90. The summed E-state index contributed by atoms with van der Waals surface area (Å²) in [6.07, 6.45) is 0.725. The molecule has 1 aromatic carbocycles. The number of aryl methyl sites for hydroxylation is 1. The van der Waals surface area contributed by atoms with Gasteiger partial charge in [-0.2, -0.15) is 4.31 Å². The van der Waals surface area contributed by atoms with Crippen LogP contribution in [0.3, 0.4) is 0 Å². The fourth-order valence-corrected chi connectivity index (χ4v) is 4.38. The van der Waals surface area contributed by atoms with E-state index in [4.69, 9.17) is 5.73 Å². The van der Waals surface area contributed by atoms with Gasteiger partial charge >= 0.3 is 0 Å². The van der Waals surface area contributed by atoms with Crippen LogP contribution in [-0.4, -0.2) is 37.3 Å². The van der Waals surface area contributed by atoms with Crippen LogP contribution in [0.25, 0.3) is 0 Å². The van der Waals surface area contributed by atoms with Crippen LogP contribution in [-0.2, 0) is 10.0 Å². The fraction of sp³-hybridized carbons (Fsp3) is 0.538. The van der Waals surface area contributed by atoms with Crippen LogP contribution in [0.15, 0.2) is 17.0 Å². The second-order valence-corrected chi connectivity index (χ2v) is 7.30. The Morgan fingerprint density at radius 3 is 2.55 bits per heavy atom. The Kier molecular flexibility index (Phi) is 5.91. The first-order valence-corrected chi connectivity index (χ1v) is 8.17. The minimum absolute atomic E-state index is 0. The molecule has 1 atom stereocenters. The summed E-state index contributed by atoms with van der Waals surface area (Å²) >= 11 is 0. The molecule has 2 rings (SSSR count). The van der Waals surface area contributed by atoms with Crippen molar-refractivity contribution in [3.8, 4) is 0 Å². The Labute approximate surface area is 136 Å². The molecule has 1 fully saturated rings. The van der Waals surface area contributed by atoms with Gasteiger partial charge in [-0.3, -0.25) is 10.1 Å². The molecule has 9 heteroatoms. The van der Waals surface area contributed by atoms with Crippen molar-refractivity contribution in [1.82, 2.24) is 4.31 Å². The second kappa shape index (κ2) is 6.91. The van der Waals surface area contributed by atoms with Crippen molar-refractivity contribution in [3.05, 3.63) is 33.4 Å². The number of rotatable bonds is 4. The molecule has 1 heterocycles. The lowest BCUT2D eigenvalue weighted by molar-refractivity contribution is -0.385. The highest BCUT2D eigenvalue weighted by Crippen LogP contribution is 2.30. The van der Waals surface area contributed by atoms with E-state index in [0.29, 0.717) is 30.8 Å². The summed E-state index contributed by atoms with van der Waals surface area (Å²) in [6, 6.07) is 2.54. The maximum atomic E-state index is 12.7. The maximum Gasteiger partial charge on any atom is 0.271 e. The Bertz CT molecular complexity index is 678. The maximum absolute atomic E-state index is 12.7. The normalized spacial score (nSPS) is 19.0. The predicted octanol–water partition coefficient (Wildman–Crippen LogP) is 1.60. The van der Waals surface area contributed by atoms with Crippen molar-refractivity contribution in [3.63, 3.8) is 0 Å². The Hall–Kier alpha value is -1.22. The summed E-state index contributed by atoms with van der Waals surface area (Å²) < 4.78 is 26.8. The Morgan fingerprint density at radius 2 is 2.05 bits per heavy atom. The Morgan fingerprint density at radius 1 is 1.41 bits per heavy atom. The molecular weight excluding hydrogens is 330 g/mol. The molecule has 0 amide bonds. The molecule has 7 nitrogen and oxygen atoms in total. The quantitative estimate of drug-likeness (QED) is 0.656. The van der Waals surface area contributed by atoms with Crippen molar-refractivity contribution in [2.75, 3.05) is 19.6 Å². The highest BCUT2D eigenvalue weighted by Gasteiger charge is 2.34.